The van der Waals surface area contributed by atoms with Gasteiger partial charge in [0.1, 0.15) is 0 Å². The molecule has 94 valence electrons. The molecule has 0 saturated heterocycles. The van der Waals surface area contributed by atoms with Crippen LogP contribution in [0.15, 0.2) is 4.52 Å². The first kappa shape index (κ1) is 12.4. The highest BCUT2D eigenvalue weighted by atomic mass is 32.2. The Kier molecular flexibility index (Phi) is 3.16. The van der Waals surface area contributed by atoms with Gasteiger partial charge in [-0.25, -0.2) is 0 Å². The molecule has 1 aliphatic rings. The largest absolute Gasteiger partial charge is 0.481 e. The Morgan fingerprint density at radius 3 is 2.82 bits per heavy atom. The molecule has 0 amide bonds. The molecule has 1 aliphatic carbocycles. The Hall–Kier alpha value is -1.04. The van der Waals surface area contributed by atoms with E-state index in [2.05, 4.69) is 30.9 Å². The van der Waals surface area contributed by atoms with Gasteiger partial charge in [0.25, 0.3) is 0 Å². The highest BCUT2D eigenvalue weighted by Crippen LogP contribution is 2.46. The van der Waals surface area contributed by atoms with Gasteiger partial charge in [-0.15, -0.1) is 11.8 Å². The average molecular weight is 256 g/mol. The highest BCUT2D eigenvalue weighted by Gasteiger charge is 2.48. The highest BCUT2D eigenvalue weighted by molar-refractivity contribution is 7.99. The molecule has 5 nitrogen and oxygen atoms in total. The van der Waals surface area contributed by atoms with Gasteiger partial charge in [-0.3, -0.25) is 4.79 Å². The lowest BCUT2D eigenvalue weighted by Gasteiger charge is -2.15. The molecule has 0 aromatic carbocycles. The molecule has 2 atom stereocenters. The molecule has 2 unspecified atom stereocenters. The summed E-state index contributed by atoms with van der Waals surface area (Å²) in [4.78, 5) is 15.0. The summed E-state index contributed by atoms with van der Waals surface area (Å²) >= 11 is 1.74. The van der Waals surface area contributed by atoms with E-state index in [0.29, 0.717) is 23.9 Å². The summed E-state index contributed by atoms with van der Waals surface area (Å²) in [5, 5.41) is 12.7. The second-order valence-corrected chi connectivity index (χ2v) is 7.04. The molecule has 1 saturated carbocycles. The van der Waals surface area contributed by atoms with E-state index in [0.717, 1.165) is 0 Å². The molecular weight excluding hydrogens is 240 g/mol. The van der Waals surface area contributed by atoms with Gasteiger partial charge in [-0.05, 0) is 6.42 Å². The summed E-state index contributed by atoms with van der Waals surface area (Å²) in [6.45, 7) is 6.38. The first-order valence-corrected chi connectivity index (χ1v) is 6.54. The maximum absolute atomic E-state index is 10.7. The van der Waals surface area contributed by atoms with E-state index >= 15 is 0 Å². The third-order valence-corrected chi connectivity index (χ3v) is 3.81. The lowest BCUT2D eigenvalue weighted by Crippen LogP contribution is -2.07. The van der Waals surface area contributed by atoms with Gasteiger partial charge in [-0.1, -0.05) is 25.9 Å². The van der Waals surface area contributed by atoms with Crippen molar-refractivity contribution >= 4 is 17.7 Å². The van der Waals surface area contributed by atoms with Crippen molar-refractivity contribution in [2.75, 3.05) is 0 Å². The zero-order valence-electron chi connectivity index (χ0n) is 10.1. The van der Waals surface area contributed by atoms with Crippen molar-refractivity contribution in [3.63, 3.8) is 0 Å². The molecule has 0 radical (unpaired) electrons. The van der Waals surface area contributed by atoms with E-state index in [4.69, 9.17) is 9.63 Å². The summed E-state index contributed by atoms with van der Waals surface area (Å²) in [5.74, 6) is 0.626. The van der Waals surface area contributed by atoms with Crippen LogP contribution >= 0.6 is 11.8 Å². The monoisotopic (exact) mass is 256 g/mol. The van der Waals surface area contributed by atoms with Gasteiger partial charge in [0.15, 0.2) is 5.82 Å². The van der Waals surface area contributed by atoms with E-state index < -0.39 is 5.97 Å². The van der Waals surface area contributed by atoms with Crippen LogP contribution in [0.4, 0.5) is 0 Å². The number of carbonyl (C=O) groups is 1. The molecule has 0 aliphatic heterocycles. The zero-order chi connectivity index (χ0) is 12.6. The molecule has 1 fully saturated rings. The summed E-state index contributed by atoms with van der Waals surface area (Å²) < 4.78 is 5.25. The van der Waals surface area contributed by atoms with E-state index in [1.165, 1.54) is 0 Å². The molecule has 2 rings (SSSR count). The van der Waals surface area contributed by atoms with E-state index in [9.17, 15) is 4.79 Å². The summed E-state index contributed by atoms with van der Waals surface area (Å²) in [6, 6.07) is 0. The van der Waals surface area contributed by atoms with Gasteiger partial charge in [-0.2, -0.15) is 4.98 Å². The first-order valence-electron chi connectivity index (χ1n) is 5.56. The molecule has 0 bridgehead atoms. The van der Waals surface area contributed by atoms with Crippen LogP contribution in [0.1, 0.15) is 44.8 Å². The summed E-state index contributed by atoms with van der Waals surface area (Å²) in [7, 11) is 0. The second kappa shape index (κ2) is 4.33. The van der Waals surface area contributed by atoms with Crippen LogP contribution in [0.25, 0.3) is 0 Å². The fraction of sp³-hybridized carbons (Fsp3) is 0.727. The Labute approximate surface area is 104 Å². The van der Waals surface area contributed by atoms with Crippen LogP contribution in [0.3, 0.4) is 0 Å². The fourth-order valence-electron chi connectivity index (χ4n) is 1.50. The summed E-state index contributed by atoms with van der Waals surface area (Å²) in [5.41, 5.74) is 0. The van der Waals surface area contributed by atoms with Crippen molar-refractivity contribution in [1.29, 1.82) is 0 Å². The van der Waals surface area contributed by atoms with Crippen LogP contribution in [-0.2, 0) is 10.5 Å². The standard InChI is InChI=1S/C11H16N2O3S/c1-11(2,3)17-5-8-12-9(16-13-8)6-4-7(6)10(14)15/h6-7H,4-5H2,1-3H3,(H,14,15). The van der Waals surface area contributed by atoms with Crippen LogP contribution in [0.2, 0.25) is 0 Å². The molecule has 1 aromatic rings. The topological polar surface area (TPSA) is 76.2 Å². The van der Waals surface area contributed by atoms with Gasteiger partial charge in [0.2, 0.25) is 5.89 Å². The van der Waals surface area contributed by atoms with Gasteiger partial charge < -0.3 is 9.63 Å². The van der Waals surface area contributed by atoms with E-state index in [1.54, 1.807) is 11.8 Å². The second-order valence-electron chi connectivity index (χ2n) is 5.24. The first-order chi connectivity index (χ1) is 7.87. The maximum Gasteiger partial charge on any atom is 0.307 e. The molecular formula is C11H16N2O3S. The molecule has 17 heavy (non-hydrogen) atoms. The molecule has 1 aromatic heterocycles. The van der Waals surface area contributed by atoms with Crippen molar-refractivity contribution in [3.8, 4) is 0 Å². The number of aromatic nitrogens is 2. The average Bonchev–Trinajstić information content (AvgIpc) is 2.87. The lowest BCUT2D eigenvalue weighted by molar-refractivity contribution is -0.138. The Morgan fingerprint density at radius 1 is 1.59 bits per heavy atom. The SMILES string of the molecule is CC(C)(C)SCc1noc(C2CC2C(=O)O)n1. The zero-order valence-corrected chi connectivity index (χ0v) is 11.0. The van der Waals surface area contributed by atoms with Crippen molar-refractivity contribution in [2.45, 2.75) is 43.6 Å². The van der Waals surface area contributed by atoms with Crippen LogP contribution in [0.5, 0.6) is 0 Å². The quantitative estimate of drug-likeness (QED) is 0.890. The number of aliphatic carboxylic acids is 1. The van der Waals surface area contributed by atoms with Crippen LogP contribution in [0, 0.1) is 5.92 Å². The smallest absolute Gasteiger partial charge is 0.307 e. The van der Waals surface area contributed by atoms with Gasteiger partial charge >= 0.3 is 5.97 Å². The van der Waals surface area contributed by atoms with E-state index in [1.807, 2.05) is 0 Å². The van der Waals surface area contributed by atoms with Gasteiger partial charge in [0.05, 0.1) is 17.6 Å². The van der Waals surface area contributed by atoms with Crippen molar-refractivity contribution in [1.82, 2.24) is 10.1 Å². The number of carboxylic acids is 1. The van der Waals surface area contributed by atoms with E-state index in [-0.39, 0.29) is 16.6 Å². The van der Waals surface area contributed by atoms with Crippen molar-refractivity contribution in [3.05, 3.63) is 11.7 Å². The maximum atomic E-state index is 10.7. The Bertz CT molecular complexity index is 425. The number of hydrogen-bond acceptors (Lipinski definition) is 5. The third-order valence-electron chi connectivity index (χ3n) is 2.54. The molecule has 1 N–H and O–H groups in total. The third kappa shape index (κ3) is 3.21. The number of thioether (sulfide) groups is 1. The van der Waals surface area contributed by atoms with Crippen LogP contribution in [-0.4, -0.2) is 26.0 Å². The number of rotatable bonds is 4. The lowest BCUT2D eigenvalue weighted by atomic mass is 10.3. The number of hydrogen-bond donors (Lipinski definition) is 1. The Balaban J connectivity index is 1.91. The van der Waals surface area contributed by atoms with Crippen molar-refractivity contribution in [2.24, 2.45) is 5.92 Å². The Morgan fingerprint density at radius 2 is 2.29 bits per heavy atom. The predicted octanol–water partition coefficient (Wildman–Crippen LogP) is 2.29. The summed E-state index contributed by atoms with van der Waals surface area (Å²) in [6.07, 6.45) is 0.614. The molecule has 6 heteroatoms. The number of nitrogens with zero attached hydrogens (tertiary/aromatic N) is 2. The normalized spacial score (nSPS) is 23.7. The minimum absolute atomic E-state index is 0.0756. The minimum Gasteiger partial charge on any atom is -0.481 e. The van der Waals surface area contributed by atoms with Crippen LogP contribution < -0.4 is 0 Å². The molecule has 1 heterocycles. The number of carboxylic acid groups (broad SMARTS) is 1. The minimum atomic E-state index is -0.779. The fourth-order valence-corrected chi connectivity index (χ4v) is 2.18. The van der Waals surface area contributed by atoms with Crippen molar-refractivity contribution < 1.29 is 14.4 Å². The molecule has 0 spiro atoms. The predicted molar refractivity (Wildman–Crippen MR) is 63.8 cm³/mol. The van der Waals surface area contributed by atoms with Gasteiger partial charge in [0, 0.05) is 4.75 Å².